The van der Waals surface area contributed by atoms with E-state index >= 15 is 0 Å². The average molecular weight is 145 g/mol. The fraction of sp³-hybridized carbons (Fsp3) is 0.857. The number of alkyl halides is 1. The first-order valence-electron chi connectivity index (χ1n) is 3.54. The molecule has 1 fully saturated rings. The summed E-state index contributed by atoms with van der Waals surface area (Å²) < 4.78 is 12.8. The summed E-state index contributed by atoms with van der Waals surface area (Å²) in [6.07, 6.45) is -1.28. The molecule has 58 valence electrons. The molecule has 2 nitrogen and oxygen atoms in total. The van der Waals surface area contributed by atoms with E-state index in [1.807, 2.05) is 13.8 Å². The van der Waals surface area contributed by atoms with Gasteiger partial charge in [0, 0.05) is 12.5 Å². The summed E-state index contributed by atoms with van der Waals surface area (Å²) in [5, 5.41) is 2.49. The monoisotopic (exact) mass is 145 g/mol. The van der Waals surface area contributed by atoms with Gasteiger partial charge in [-0.2, -0.15) is 0 Å². The van der Waals surface area contributed by atoms with Crippen LogP contribution in [0.15, 0.2) is 0 Å². The van der Waals surface area contributed by atoms with Crippen molar-refractivity contribution in [2.75, 3.05) is 6.54 Å². The number of halogens is 1. The molecular formula is C7H12FNO. The fourth-order valence-electron chi connectivity index (χ4n) is 1.19. The predicted octanol–water partition coefficient (Wildman–Crippen LogP) is 0.726. The summed E-state index contributed by atoms with van der Waals surface area (Å²) in [5.74, 6) is -0.319. The molecule has 0 radical (unpaired) electrons. The van der Waals surface area contributed by atoms with E-state index in [0.717, 1.165) is 0 Å². The highest BCUT2D eigenvalue weighted by Crippen LogP contribution is 2.21. The van der Waals surface area contributed by atoms with Crippen molar-refractivity contribution in [3.8, 4) is 0 Å². The van der Waals surface area contributed by atoms with Crippen LogP contribution in [0.3, 0.4) is 0 Å². The second-order valence-electron chi connectivity index (χ2n) is 3.05. The van der Waals surface area contributed by atoms with Gasteiger partial charge < -0.3 is 5.32 Å². The zero-order chi connectivity index (χ0) is 7.72. The maximum Gasteiger partial charge on any atom is 0.254 e. The molecule has 1 saturated heterocycles. The van der Waals surface area contributed by atoms with Crippen LogP contribution in [0, 0.1) is 11.8 Å². The number of carbonyl (C=O) groups is 1. The van der Waals surface area contributed by atoms with E-state index in [-0.39, 0.29) is 11.8 Å². The molecule has 2 atom stereocenters. The minimum Gasteiger partial charge on any atom is -0.353 e. The van der Waals surface area contributed by atoms with Crippen LogP contribution in [0.2, 0.25) is 0 Å². The Bertz CT molecular complexity index is 147. The van der Waals surface area contributed by atoms with Gasteiger partial charge in [-0.3, -0.25) is 4.79 Å². The lowest BCUT2D eigenvalue weighted by molar-refractivity contribution is -0.124. The Morgan fingerprint density at radius 1 is 1.70 bits per heavy atom. The molecule has 0 spiro atoms. The van der Waals surface area contributed by atoms with Crippen LogP contribution >= 0.6 is 0 Å². The second kappa shape index (κ2) is 2.56. The maximum atomic E-state index is 12.8. The molecule has 0 aliphatic carbocycles. The molecule has 1 aliphatic rings. The molecule has 0 bridgehead atoms. The highest BCUT2D eigenvalue weighted by atomic mass is 19.1. The maximum absolute atomic E-state index is 12.8. The molecule has 1 heterocycles. The van der Waals surface area contributed by atoms with Crippen LogP contribution in [0.4, 0.5) is 4.39 Å². The summed E-state index contributed by atoms with van der Waals surface area (Å²) >= 11 is 0. The molecule has 1 N–H and O–H groups in total. The lowest BCUT2D eigenvalue weighted by Crippen LogP contribution is -2.22. The van der Waals surface area contributed by atoms with E-state index in [9.17, 15) is 9.18 Å². The first-order chi connectivity index (χ1) is 4.63. The Balaban J connectivity index is 2.57. The number of carbonyl (C=O) groups excluding carboxylic acids is 1. The van der Waals surface area contributed by atoms with Crippen molar-refractivity contribution in [2.24, 2.45) is 11.8 Å². The van der Waals surface area contributed by atoms with Gasteiger partial charge in [-0.05, 0) is 5.92 Å². The average Bonchev–Trinajstić information content (AvgIpc) is 2.14. The normalized spacial score (nSPS) is 33.0. The third-order valence-electron chi connectivity index (χ3n) is 1.99. The second-order valence-corrected chi connectivity index (χ2v) is 3.05. The molecule has 10 heavy (non-hydrogen) atoms. The van der Waals surface area contributed by atoms with Crippen LogP contribution < -0.4 is 5.32 Å². The lowest BCUT2D eigenvalue weighted by Gasteiger charge is -2.12. The van der Waals surface area contributed by atoms with Crippen LogP contribution in [-0.2, 0) is 4.79 Å². The van der Waals surface area contributed by atoms with Gasteiger partial charge in [-0.1, -0.05) is 13.8 Å². The van der Waals surface area contributed by atoms with Crippen LogP contribution in [0.1, 0.15) is 13.8 Å². The molecule has 1 amide bonds. The summed E-state index contributed by atoms with van der Waals surface area (Å²) in [6, 6.07) is 0. The van der Waals surface area contributed by atoms with E-state index in [4.69, 9.17) is 0 Å². The topological polar surface area (TPSA) is 29.1 Å². The van der Waals surface area contributed by atoms with Crippen LogP contribution in [0.5, 0.6) is 0 Å². The lowest BCUT2D eigenvalue weighted by atomic mass is 9.94. The standard InChI is InChI=1S/C7H12FNO/c1-4(2)5-3-9-7(10)6(5)8/h4-6H,3H2,1-2H3,(H,9,10)/t5-,6+/m1/s1. The SMILES string of the molecule is CC(C)[C@H]1CNC(=O)[C@H]1F. The first kappa shape index (κ1) is 7.51. The molecule has 0 unspecified atom stereocenters. The van der Waals surface area contributed by atoms with Crippen molar-refractivity contribution >= 4 is 5.91 Å². The highest BCUT2D eigenvalue weighted by molar-refractivity contribution is 5.83. The van der Waals surface area contributed by atoms with Gasteiger partial charge in [0.15, 0.2) is 6.17 Å². The predicted molar refractivity (Wildman–Crippen MR) is 36.2 cm³/mol. The summed E-state index contributed by atoms with van der Waals surface area (Å²) in [7, 11) is 0. The largest absolute Gasteiger partial charge is 0.353 e. The van der Waals surface area contributed by atoms with Crippen molar-refractivity contribution in [3.63, 3.8) is 0 Å². The molecule has 0 aromatic rings. The number of nitrogens with one attached hydrogen (secondary N) is 1. The van der Waals surface area contributed by atoms with Gasteiger partial charge in [-0.15, -0.1) is 0 Å². The van der Waals surface area contributed by atoms with E-state index in [1.54, 1.807) is 0 Å². The molecule has 1 aliphatic heterocycles. The van der Waals surface area contributed by atoms with Gasteiger partial charge in [-0.25, -0.2) is 4.39 Å². The Hall–Kier alpha value is -0.600. The molecule has 0 aromatic heterocycles. The Morgan fingerprint density at radius 2 is 2.30 bits per heavy atom. The van der Waals surface area contributed by atoms with Crippen molar-refractivity contribution < 1.29 is 9.18 Å². The quantitative estimate of drug-likeness (QED) is 0.579. The molecule has 1 rings (SSSR count). The third kappa shape index (κ3) is 1.13. The smallest absolute Gasteiger partial charge is 0.254 e. The van der Waals surface area contributed by atoms with Gasteiger partial charge in [0.25, 0.3) is 5.91 Å². The minimum atomic E-state index is -1.28. The van der Waals surface area contributed by atoms with Gasteiger partial charge >= 0.3 is 0 Å². The Labute approximate surface area is 59.8 Å². The zero-order valence-corrected chi connectivity index (χ0v) is 6.23. The van der Waals surface area contributed by atoms with Gasteiger partial charge in [0.1, 0.15) is 0 Å². The summed E-state index contributed by atoms with van der Waals surface area (Å²) in [5.41, 5.74) is 0. The van der Waals surface area contributed by atoms with Gasteiger partial charge in [0.05, 0.1) is 0 Å². The summed E-state index contributed by atoms with van der Waals surface area (Å²) in [4.78, 5) is 10.6. The van der Waals surface area contributed by atoms with Crippen molar-refractivity contribution in [2.45, 2.75) is 20.0 Å². The first-order valence-corrected chi connectivity index (χ1v) is 3.54. The fourth-order valence-corrected chi connectivity index (χ4v) is 1.19. The number of hydrogen-bond donors (Lipinski definition) is 1. The van der Waals surface area contributed by atoms with E-state index in [0.29, 0.717) is 6.54 Å². The number of amides is 1. The number of hydrogen-bond acceptors (Lipinski definition) is 1. The minimum absolute atomic E-state index is 0.118. The van der Waals surface area contributed by atoms with Crippen molar-refractivity contribution in [3.05, 3.63) is 0 Å². The zero-order valence-electron chi connectivity index (χ0n) is 6.23. The molecular weight excluding hydrogens is 133 g/mol. The van der Waals surface area contributed by atoms with Crippen molar-refractivity contribution in [1.29, 1.82) is 0 Å². The van der Waals surface area contributed by atoms with Gasteiger partial charge in [0.2, 0.25) is 0 Å². The Morgan fingerprint density at radius 3 is 2.50 bits per heavy atom. The third-order valence-corrected chi connectivity index (χ3v) is 1.99. The molecule has 0 saturated carbocycles. The Kier molecular flexibility index (Phi) is 1.92. The molecule has 3 heteroatoms. The molecule has 0 aromatic carbocycles. The van der Waals surface area contributed by atoms with E-state index < -0.39 is 12.1 Å². The highest BCUT2D eigenvalue weighted by Gasteiger charge is 2.36. The summed E-state index contributed by atoms with van der Waals surface area (Å²) in [6.45, 7) is 4.35. The van der Waals surface area contributed by atoms with Crippen LogP contribution in [-0.4, -0.2) is 18.6 Å². The number of rotatable bonds is 1. The van der Waals surface area contributed by atoms with Crippen molar-refractivity contribution in [1.82, 2.24) is 5.32 Å². The van der Waals surface area contributed by atoms with E-state index in [1.165, 1.54) is 0 Å². The van der Waals surface area contributed by atoms with E-state index in [2.05, 4.69) is 5.32 Å². The van der Waals surface area contributed by atoms with Crippen LogP contribution in [0.25, 0.3) is 0 Å².